The topological polar surface area (TPSA) is 107 Å². The molecule has 0 spiro atoms. The third-order valence-corrected chi connectivity index (χ3v) is 3.47. The molecule has 2 aromatic rings. The van der Waals surface area contributed by atoms with Crippen LogP contribution in [0.2, 0.25) is 0 Å². The number of carbonyl (C=O) groups is 2. The smallest absolute Gasteiger partial charge is 0.414 e. The molecule has 1 heterocycles. The molecule has 9 heteroatoms. The Morgan fingerprint density at radius 3 is 2.72 bits per heavy atom. The minimum absolute atomic E-state index is 0.00361. The minimum Gasteiger partial charge on any atom is -0.481 e. The van der Waals surface area contributed by atoms with E-state index in [-0.39, 0.29) is 23.8 Å². The summed E-state index contributed by atoms with van der Waals surface area (Å²) in [6, 6.07) is 9.29. The second-order valence-corrected chi connectivity index (χ2v) is 5.64. The molecule has 0 aliphatic rings. The number of benzene rings is 1. The fourth-order valence-electron chi connectivity index (χ4n) is 2.10. The third kappa shape index (κ3) is 6.76. The van der Waals surface area contributed by atoms with Gasteiger partial charge in [-0.1, -0.05) is 36.8 Å². The second-order valence-electron chi connectivity index (χ2n) is 5.29. The van der Waals surface area contributed by atoms with Crippen LogP contribution in [0.3, 0.4) is 0 Å². The number of anilines is 1. The number of carboxylic acid groups (broad SMARTS) is 1. The first-order valence-electron chi connectivity index (χ1n) is 7.82. The summed E-state index contributed by atoms with van der Waals surface area (Å²) in [6.07, 6.45) is 1.43. The number of aliphatic carboxylic acids is 1. The van der Waals surface area contributed by atoms with Gasteiger partial charge in [-0.2, -0.15) is 9.72 Å². The minimum atomic E-state index is -0.816. The van der Waals surface area contributed by atoms with E-state index in [4.69, 9.17) is 26.6 Å². The number of rotatable bonds is 9. The second kappa shape index (κ2) is 9.58. The van der Waals surface area contributed by atoms with Crippen LogP contribution in [0.15, 0.2) is 34.9 Å². The quantitative estimate of drug-likeness (QED) is 0.516. The molecule has 1 amide bonds. The molecule has 0 radical (unpaired) electrons. The van der Waals surface area contributed by atoms with E-state index in [0.29, 0.717) is 25.8 Å². The number of aromatic nitrogens is 2. The molecule has 0 aliphatic heterocycles. The van der Waals surface area contributed by atoms with Crippen molar-refractivity contribution in [1.82, 2.24) is 9.72 Å². The summed E-state index contributed by atoms with van der Waals surface area (Å²) in [7, 11) is 0. The highest BCUT2D eigenvalue weighted by molar-refractivity contribution is 7.71. The highest BCUT2D eigenvalue weighted by Gasteiger charge is 2.12. The number of unbranched alkanes of at least 4 members (excludes halogenated alkanes) is 2. The summed E-state index contributed by atoms with van der Waals surface area (Å²) in [5.41, 5.74) is 0.869. The van der Waals surface area contributed by atoms with Gasteiger partial charge in [-0.3, -0.25) is 10.1 Å². The van der Waals surface area contributed by atoms with Gasteiger partial charge in [-0.15, -0.1) is 0 Å². The van der Waals surface area contributed by atoms with Crippen molar-refractivity contribution in [2.75, 3.05) is 5.32 Å². The Labute approximate surface area is 149 Å². The lowest BCUT2D eigenvalue weighted by Gasteiger charge is -2.07. The van der Waals surface area contributed by atoms with Gasteiger partial charge in [0.1, 0.15) is 6.61 Å². The van der Waals surface area contributed by atoms with Gasteiger partial charge in [0.05, 0.1) is 6.54 Å². The molecular weight excluding hydrogens is 346 g/mol. The van der Waals surface area contributed by atoms with Crippen molar-refractivity contribution >= 4 is 30.2 Å². The highest BCUT2D eigenvalue weighted by Crippen LogP contribution is 2.11. The predicted molar refractivity (Wildman–Crippen MR) is 91.7 cm³/mol. The van der Waals surface area contributed by atoms with E-state index in [0.717, 1.165) is 5.56 Å². The van der Waals surface area contributed by atoms with Crippen molar-refractivity contribution in [1.29, 1.82) is 0 Å². The zero-order chi connectivity index (χ0) is 18.1. The van der Waals surface area contributed by atoms with Crippen LogP contribution in [0.4, 0.5) is 10.7 Å². The zero-order valence-electron chi connectivity index (χ0n) is 13.5. The van der Waals surface area contributed by atoms with Gasteiger partial charge in [0.15, 0.2) is 0 Å². The Balaban J connectivity index is 1.81. The summed E-state index contributed by atoms with van der Waals surface area (Å²) < 4.78 is 11.7. The summed E-state index contributed by atoms with van der Waals surface area (Å²) in [4.78, 5) is 26.3. The van der Waals surface area contributed by atoms with Crippen molar-refractivity contribution in [2.45, 2.75) is 38.8 Å². The number of hydrogen-bond acceptors (Lipinski definition) is 6. The lowest BCUT2D eigenvalue weighted by Crippen LogP contribution is -2.17. The van der Waals surface area contributed by atoms with Gasteiger partial charge in [0, 0.05) is 6.42 Å². The molecule has 0 fully saturated rings. The zero-order valence-corrected chi connectivity index (χ0v) is 14.3. The Morgan fingerprint density at radius 1 is 1.24 bits per heavy atom. The molecule has 1 aromatic carbocycles. The lowest BCUT2D eigenvalue weighted by atomic mass is 10.2. The number of nitrogens with one attached hydrogen (secondary N) is 1. The largest absolute Gasteiger partial charge is 0.481 e. The van der Waals surface area contributed by atoms with Crippen LogP contribution in [0.1, 0.15) is 31.2 Å². The van der Waals surface area contributed by atoms with E-state index in [1.807, 2.05) is 30.3 Å². The molecule has 2 N–H and O–H groups in total. The van der Waals surface area contributed by atoms with Gasteiger partial charge >= 0.3 is 16.9 Å². The van der Waals surface area contributed by atoms with Crippen LogP contribution >= 0.6 is 12.2 Å². The Morgan fingerprint density at radius 2 is 2.00 bits per heavy atom. The summed E-state index contributed by atoms with van der Waals surface area (Å²) in [6.45, 7) is 0.567. The first-order chi connectivity index (χ1) is 12.0. The molecule has 25 heavy (non-hydrogen) atoms. The summed E-state index contributed by atoms with van der Waals surface area (Å²) in [5.74, 6) is -0.648. The molecule has 0 atom stereocenters. The maximum atomic E-state index is 11.9. The molecule has 0 saturated carbocycles. The number of carbonyl (C=O) groups excluding carboxylic acids is 1. The monoisotopic (exact) mass is 365 g/mol. The molecule has 1 aromatic heterocycles. The molecule has 2 rings (SSSR count). The Hall–Kier alpha value is -2.68. The van der Waals surface area contributed by atoms with E-state index in [2.05, 4.69) is 10.3 Å². The summed E-state index contributed by atoms with van der Waals surface area (Å²) >= 11 is 4.88. The summed E-state index contributed by atoms with van der Waals surface area (Å²) in [5, 5.41) is 11.1. The van der Waals surface area contributed by atoms with Gasteiger partial charge < -0.3 is 14.4 Å². The van der Waals surface area contributed by atoms with Gasteiger partial charge in [-0.25, -0.2) is 4.79 Å². The average molecular weight is 365 g/mol. The van der Waals surface area contributed by atoms with Gasteiger partial charge in [0.2, 0.25) is 5.95 Å². The van der Waals surface area contributed by atoms with Crippen molar-refractivity contribution < 1.29 is 24.0 Å². The van der Waals surface area contributed by atoms with E-state index < -0.39 is 12.1 Å². The van der Waals surface area contributed by atoms with E-state index >= 15 is 0 Å². The SMILES string of the molecule is O=C(O)CCCCCn1oc(=S)nc1NC(=O)OCc1ccccc1. The van der Waals surface area contributed by atoms with Crippen molar-refractivity contribution in [2.24, 2.45) is 0 Å². The van der Waals surface area contributed by atoms with E-state index in [1.165, 1.54) is 4.74 Å². The fourth-order valence-corrected chi connectivity index (χ4v) is 2.28. The molecule has 0 unspecified atom stereocenters. The Bertz CT molecular complexity index is 757. The van der Waals surface area contributed by atoms with Crippen LogP contribution in [-0.4, -0.2) is 26.9 Å². The number of nitrogens with zero attached hydrogens (tertiary/aromatic N) is 2. The Kier molecular flexibility index (Phi) is 7.15. The van der Waals surface area contributed by atoms with Crippen molar-refractivity contribution in [3.63, 3.8) is 0 Å². The normalized spacial score (nSPS) is 10.4. The van der Waals surface area contributed by atoms with Crippen molar-refractivity contribution in [3.8, 4) is 0 Å². The number of hydrogen-bond donors (Lipinski definition) is 2. The molecule has 134 valence electrons. The first kappa shape index (κ1) is 18.7. The van der Waals surface area contributed by atoms with E-state index in [1.54, 1.807) is 0 Å². The van der Waals surface area contributed by atoms with Crippen LogP contribution in [0.5, 0.6) is 0 Å². The van der Waals surface area contributed by atoms with Crippen LogP contribution in [-0.2, 0) is 22.7 Å². The number of carboxylic acids is 1. The highest BCUT2D eigenvalue weighted by atomic mass is 32.1. The molecule has 8 nitrogen and oxygen atoms in total. The molecule has 0 bridgehead atoms. The standard InChI is InChI=1S/C16H19N3O5S/c20-13(21)9-5-2-6-10-19-14(18-16(25)24-19)17-15(22)23-11-12-7-3-1-4-8-12/h1,3-4,7-8H,2,5-6,9-11H2,(H,20,21)(H,17,18,22,25). The predicted octanol–water partition coefficient (Wildman–Crippen LogP) is 3.60. The maximum absolute atomic E-state index is 11.9. The van der Waals surface area contributed by atoms with Crippen molar-refractivity contribution in [3.05, 3.63) is 40.7 Å². The van der Waals surface area contributed by atoms with Crippen LogP contribution in [0, 0.1) is 4.84 Å². The van der Waals surface area contributed by atoms with Gasteiger partial charge in [0.25, 0.3) is 0 Å². The maximum Gasteiger partial charge on any atom is 0.414 e. The molecule has 0 aliphatic carbocycles. The van der Waals surface area contributed by atoms with Gasteiger partial charge in [-0.05, 0) is 30.6 Å². The fraction of sp³-hybridized carbons (Fsp3) is 0.375. The third-order valence-electron chi connectivity index (χ3n) is 3.30. The van der Waals surface area contributed by atoms with Crippen LogP contribution < -0.4 is 5.32 Å². The molecular formula is C16H19N3O5S. The lowest BCUT2D eigenvalue weighted by molar-refractivity contribution is -0.137. The number of ether oxygens (including phenoxy) is 1. The number of aryl methyl sites for hydroxylation is 1. The number of amides is 1. The molecule has 0 saturated heterocycles. The van der Waals surface area contributed by atoms with E-state index in [9.17, 15) is 9.59 Å². The first-order valence-corrected chi connectivity index (χ1v) is 8.23. The van der Waals surface area contributed by atoms with Crippen LogP contribution in [0.25, 0.3) is 0 Å². The average Bonchev–Trinajstić information content (AvgIpc) is 2.92.